The first kappa shape index (κ1) is 19.5. The molecule has 0 N–H and O–H groups in total. The Balaban J connectivity index is 1.59. The molecule has 3 rings (SSSR count). The Morgan fingerprint density at radius 1 is 1.26 bits per heavy atom. The monoisotopic (exact) mass is 398 g/mol. The second kappa shape index (κ2) is 8.17. The lowest BCUT2D eigenvalue weighted by Crippen LogP contribution is -2.45. The third-order valence-corrected chi connectivity index (χ3v) is 4.68. The number of hydrogen-bond acceptors (Lipinski definition) is 3. The second-order valence-corrected chi connectivity index (χ2v) is 6.81. The van der Waals surface area contributed by atoms with E-state index in [0.29, 0.717) is 29.4 Å². The summed E-state index contributed by atoms with van der Waals surface area (Å²) in [5, 5.41) is 0.408. The minimum absolute atomic E-state index is 0.0564. The molecule has 0 spiro atoms. The van der Waals surface area contributed by atoms with Gasteiger partial charge in [0.1, 0.15) is 16.9 Å². The normalized spacial score (nSPS) is 17.6. The minimum Gasteiger partial charge on any atom is -0.487 e. The molecule has 0 aliphatic carbocycles. The van der Waals surface area contributed by atoms with Gasteiger partial charge in [0, 0.05) is 25.0 Å². The van der Waals surface area contributed by atoms with Crippen LogP contribution >= 0.6 is 11.6 Å². The topological polar surface area (TPSA) is 42.4 Å². The Bertz CT molecular complexity index is 796. The minimum atomic E-state index is -4.38. The summed E-state index contributed by atoms with van der Waals surface area (Å²) in [6.07, 6.45) is 0.143. The highest BCUT2D eigenvalue weighted by molar-refractivity contribution is 6.31. The largest absolute Gasteiger partial charge is 0.487 e. The van der Waals surface area contributed by atoms with Crippen LogP contribution in [0.15, 0.2) is 42.7 Å². The average molecular weight is 399 g/mol. The number of ether oxygens (including phenoxy) is 1. The van der Waals surface area contributed by atoms with Crippen molar-refractivity contribution >= 4 is 17.5 Å². The van der Waals surface area contributed by atoms with Gasteiger partial charge in [0.15, 0.2) is 0 Å². The van der Waals surface area contributed by atoms with E-state index in [1.807, 2.05) is 0 Å². The first-order chi connectivity index (χ1) is 12.8. The first-order valence-electron chi connectivity index (χ1n) is 8.53. The second-order valence-electron chi connectivity index (χ2n) is 6.40. The fourth-order valence-corrected chi connectivity index (χ4v) is 3.16. The summed E-state index contributed by atoms with van der Waals surface area (Å²) < 4.78 is 43.7. The fraction of sp³-hybridized carbons (Fsp3) is 0.368. The van der Waals surface area contributed by atoms with Gasteiger partial charge in [-0.15, -0.1) is 0 Å². The Morgan fingerprint density at radius 2 is 2.00 bits per heavy atom. The predicted molar refractivity (Wildman–Crippen MR) is 94.6 cm³/mol. The van der Waals surface area contributed by atoms with E-state index in [1.165, 1.54) is 18.3 Å². The van der Waals surface area contributed by atoms with Crippen molar-refractivity contribution in [2.75, 3.05) is 13.1 Å². The van der Waals surface area contributed by atoms with E-state index in [4.69, 9.17) is 16.3 Å². The molecule has 0 bridgehead atoms. The lowest BCUT2D eigenvalue weighted by Gasteiger charge is -2.33. The maximum atomic E-state index is 12.6. The van der Waals surface area contributed by atoms with Crippen molar-refractivity contribution in [3.63, 3.8) is 0 Å². The van der Waals surface area contributed by atoms with Crippen LogP contribution in [0.3, 0.4) is 0 Å². The number of pyridine rings is 1. The van der Waals surface area contributed by atoms with Crippen LogP contribution in [0.5, 0.6) is 5.75 Å². The summed E-state index contributed by atoms with van der Waals surface area (Å²) in [5.41, 5.74) is -0.174. The number of likely N-dealkylation sites (tertiary alicyclic amines) is 1. The van der Waals surface area contributed by atoms with E-state index in [2.05, 4.69) is 4.98 Å². The highest BCUT2D eigenvalue weighted by Crippen LogP contribution is 2.29. The van der Waals surface area contributed by atoms with Gasteiger partial charge >= 0.3 is 6.18 Å². The number of benzene rings is 1. The van der Waals surface area contributed by atoms with Gasteiger partial charge in [-0.25, -0.2) is 0 Å². The molecule has 1 saturated heterocycles. The molecule has 4 nitrogen and oxygen atoms in total. The zero-order valence-corrected chi connectivity index (χ0v) is 15.1. The Morgan fingerprint density at radius 3 is 2.67 bits per heavy atom. The van der Waals surface area contributed by atoms with Crippen LogP contribution in [0.2, 0.25) is 5.02 Å². The predicted octanol–water partition coefficient (Wildman–Crippen LogP) is 4.37. The summed E-state index contributed by atoms with van der Waals surface area (Å²) in [7, 11) is 0. The van der Waals surface area contributed by atoms with Gasteiger partial charge in [-0.3, -0.25) is 9.78 Å². The van der Waals surface area contributed by atoms with Gasteiger partial charge in [-0.2, -0.15) is 13.2 Å². The number of carbonyl (C=O) groups excluding carboxylic acids is 1. The summed E-state index contributed by atoms with van der Waals surface area (Å²) in [6, 6.07) is 6.35. The molecule has 1 aromatic carbocycles. The van der Waals surface area contributed by atoms with Crippen molar-refractivity contribution in [1.82, 2.24) is 9.88 Å². The molecule has 1 aliphatic heterocycles. The van der Waals surface area contributed by atoms with Gasteiger partial charge in [-0.05, 0) is 30.5 Å². The molecular formula is C19H18ClF3N2O2. The highest BCUT2D eigenvalue weighted by atomic mass is 35.5. The van der Waals surface area contributed by atoms with Gasteiger partial charge in [0.05, 0.1) is 18.5 Å². The van der Waals surface area contributed by atoms with Crippen LogP contribution in [0.4, 0.5) is 13.2 Å². The lowest BCUT2D eigenvalue weighted by atomic mass is 10.0. The number of hydrogen-bond donors (Lipinski definition) is 0. The number of alkyl halides is 3. The van der Waals surface area contributed by atoms with Gasteiger partial charge in [0.25, 0.3) is 0 Å². The van der Waals surface area contributed by atoms with Crippen LogP contribution in [0, 0.1) is 0 Å². The quantitative estimate of drug-likeness (QED) is 0.768. The summed E-state index contributed by atoms with van der Waals surface area (Å²) in [4.78, 5) is 18.1. The Kier molecular flexibility index (Phi) is 5.89. The maximum absolute atomic E-state index is 12.6. The SMILES string of the molecule is O=C(Cc1ccc(C(F)(F)F)cc1)N1CCCC(Oc2ccncc2Cl)C1. The number of nitrogens with zero attached hydrogens (tertiary/aromatic N) is 2. The molecule has 1 fully saturated rings. The van der Waals surface area contributed by atoms with E-state index in [1.54, 1.807) is 17.2 Å². The molecule has 1 aliphatic rings. The van der Waals surface area contributed by atoms with Gasteiger partial charge < -0.3 is 9.64 Å². The van der Waals surface area contributed by atoms with Crippen LogP contribution in [-0.4, -0.2) is 35.0 Å². The lowest BCUT2D eigenvalue weighted by molar-refractivity contribution is -0.137. The number of rotatable bonds is 4. The molecule has 144 valence electrons. The summed E-state index contributed by atoms with van der Waals surface area (Å²) >= 11 is 6.05. The molecule has 0 radical (unpaired) electrons. The number of aromatic nitrogens is 1. The van der Waals surface area contributed by atoms with E-state index in [9.17, 15) is 18.0 Å². The van der Waals surface area contributed by atoms with E-state index >= 15 is 0 Å². The van der Waals surface area contributed by atoms with Gasteiger partial charge in [0.2, 0.25) is 5.91 Å². The number of piperidine rings is 1. The molecule has 1 amide bonds. The van der Waals surface area contributed by atoms with Crippen molar-refractivity contribution in [2.45, 2.75) is 31.5 Å². The zero-order chi connectivity index (χ0) is 19.4. The molecule has 8 heteroatoms. The summed E-state index contributed by atoms with van der Waals surface area (Å²) in [5.74, 6) is 0.387. The van der Waals surface area contributed by atoms with E-state index in [-0.39, 0.29) is 18.4 Å². The Hall–Kier alpha value is -2.28. The standard InChI is InChI=1S/C19H18ClF3N2O2/c20-16-11-24-8-7-17(16)27-15-2-1-9-25(12-15)18(26)10-13-3-5-14(6-4-13)19(21,22)23/h3-8,11,15H,1-2,9-10,12H2. The van der Waals surface area contributed by atoms with Crippen LogP contribution < -0.4 is 4.74 Å². The van der Waals surface area contributed by atoms with Gasteiger partial charge in [-0.1, -0.05) is 23.7 Å². The number of amides is 1. The molecule has 2 aromatic rings. The van der Waals surface area contributed by atoms with Crippen LogP contribution in [-0.2, 0) is 17.4 Å². The molecule has 1 atom stereocenters. The molecule has 1 unspecified atom stereocenters. The Labute approximate surface area is 159 Å². The molecule has 27 heavy (non-hydrogen) atoms. The van der Waals surface area contributed by atoms with E-state index < -0.39 is 11.7 Å². The van der Waals surface area contributed by atoms with E-state index in [0.717, 1.165) is 25.0 Å². The van der Waals surface area contributed by atoms with Crippen molar-refractivity contribution in [2.24, 2.45) is 0 Å². The summed E-state index contributed by atoms with van der Waals surface area (Å²) in [6.45, 7) is 1.02. The smallest absolute Gasteiger partial charge is 0.416 e. The molecule has 2 heterocycles. The number of carbonyl (C=O) groups is 1. The third-order valence-electron chi connectivity index (χ3n) is 4.40. The van der Waals surface area contributed by atoms with Crippen LogP contribution in [0.1, 0.15) is 24.0 Å². The molecule has 0 saturated carbocycles. The first-order valence-corrected chi connectivity index (χ1v) is 8.91. The van der Waals surface area contributed by atoms with Crippen molar-refractivity contribution < 1.29 is 22.7 Å². The van der Waals surface area contributed by atoms with Crippen LogP contribution in [0.25, 0.3) is 0 Å². The van der Waals surface area contributed by atoms with Crippen molar-refractivity contribution in [1.29, 1.82) is 0 Å². The average Bonchev–Trinajstić information content (AvgIpc) is 2.63. The molecule has 1 aromatic heterocycles. The van der Waals surface area contributed by atoms with Crippen molar-refractivity contribution in [3.8, 4) is 5.75 Å². The molecular weight excluding hydrogens is 381 g/mol. The third kappa shape index (κ3) is 5.13. The highest BCUT2D eigenvalue weighted by Gasteiger charge is 2.30. The fourth-order valence-electron chi connectivity index (χ4n) is 3.00. The van der Waals surface area contributed by atoms with Crippen molar-refractivity contribution in [3.05, 3.63) is 58.9 Å². The zero-order valence-electron chi connectivity index (χ0n) is 14.4. The maximum Gasteiger partial charge on any atom is 0.416 e. The number of halogens is 4.